The highest BCUT2D eigenvalue weighted by atomic mass is 79.9. The van der Waals surface area contributed by atoms with Crippen LogP contribution in [0.2, 0.25) is 0 Å². The predicted molar refractivity (Wildman–Crippen MR) is 149 cm³/mol. The minimum atomic E-state index is -0.471. The molecule has 0 radical (unpaired) electrons. The summed E-state index contributed by atoms with van der Waals surface area (Å²) in [6, 6.07) is 20.8. The fourth-order valence-corrected chi connectivity index (χ4v) is 4.71. The number of halogens is 1. The first-order chi connectivity index (χ1) is 17.8. The Bertz CT molecular complexity index is 1640. The van der Waals surface area contributed by atoms with Crippen LogP contribution < -0.4 is 5.56 Å². The quantitative estimate of drug-likeness (QED) is 0.140. The number of benzene rings is 3. The van der Waals surface area contributed by atoms with Crippen molar-refractivity contribution in [2.75, 3.05) is 6.61 Å². The molecule has 0 unspecified atom stereocenters. The lowest BCUT2D eigenvalue weighted by Gasteiger charge is -2.11. The van der Waals surface area contributed by atoms with Gasteiger partial charge in [0.25, 0.3) is 5.56 Å². The zero-order valence-electron chi connectivity index (χ0n) is 20.8. The standard InChI is InChI=1S/C19H14BrNO2.C11H12O3/c1-10-9-23-18-11(2)17-14(8-13(10)18)15(16(20)19(22)21-17)12-6-4-3-5-7-12;1-2-14-11(13)8-10(12)9-6-4-3-5-7-9/h3-9H,1-2H3,(H,21,22);3-7H,2,8H2,1H3. The Morgan fingerprint density at radius 2 is 1.62 bits per heavy atom. The molecule has 5 aromatic rings. The maximum Gasteiger partial charge on any atom is 0.313 e. The Morgan fingerprint density at radius 3 is 2.27 bits per heavy atom. The third kappa shape index (κ3) is 5.57. The lowest BCUT2D eigenvalue weighted by atomic mass is 9.97. The second-order valence-electron chi connectivity index (χ2n) is 8.50. The van der Waals surface area contributed by atoms with Crippen molar-refractivity contribution in [3.63, 3.8) is 0 Å². The Kier molecular flexibility index (Phi) is 8.04. The van der Waals surface area contributed by atoms with Crippen LogP contribution in [0.5, 0.6) is 0 Å². The maximum absolute atomic E-state index is 12.4. The summed E-state index contributed by atoms with van der Waals surface area (Å²) in [7, 11) is 0. The molecule has 0 saturated carbocycles. The molecule has 0 amide bonds. The van der Waals surface area contributed by atoms with E-state index in [1.807, 2.05) is 50.2 Å². The van der Waals surface area contributed by atoms with Crippen molar-refractivity contribution < 1.29 is 18.7 Å². The number of ether oxygens (including phenoxy) is 1. The van der Waals surface area contributed by atoms with Crippen LogP contribution in [0, 0.1) is 13.8 Å². The van der Waals surface area contributed by atoms with Crippen molar-refractivity contribution in [1.82, 2.24) is 4.98 Å². The molecule has 5 rings (SSSR count). The van der Waals surface area contributed by atoms with Crippen molar-refractivity contribution in [2.45, 2.75) is 27.2 Å². The molecule has 1 N–H and O–H groups in total. The first-order valence-electron chi connectivity index (χ1n) is 11.8. The van der Waals surface area contributed by atoms with Gasteiger partial charge in [-0.05, 0) is 53.9 Å². The molecule has 6 nitrogen and oxygen atoms in total. The molecule has 0 fully saturated rings. The van der Waals surface area contributed by atoms with Crippen LogP contribution in [-0.2, 0) is 9.53 Å². The molecular weight excluding hydrogens is 534 g/mol. The Labute approximate surface area is 222 Å². The van der Waals surface area contributed by atoms with Crippen LogP contribution >= 0.6 is 15.9 Å². The van der Waals surface area contributed by atoms with Gasteiger partial charge >= 0.3 is 5.97 Å². The third-order valence-electron chi connectivity index (χ3n) is 5.99. The summed E-state index contributed by atoms with van der Waals surface area (Å²) in [4.78, 5) is 37.8. The van der Waals surface area contributed by atoms with Gasteiger partial charge in [0.2, 0.25) is 0 Å². The first-order valence-corrected chi connectivity index (χ1v) is 12.6. The molecule has 188 valence electrons. The van der Waals surface area contributed by atoms with Crippen molar-refractivity contribution in [2.24, 2.45) is 0 Å². The van der Waals surface area contributed by atoms with Gasteiger partial charge < -0.3 is 14.1 Å². The van der Waals surface area contributed by atoms with E-state index >= 15 is 0 Å². The van der Waals surface area contributed by atoms with Gasteiger partial charge in [0.05, 0.1) is 22.9 Å². The summed E-state index contributed by atoms with van der Waals surface area (Å²) in [6.45, 7) is 6.03. The lowest BCUT2D eigenvalue weighted by Crippen LogP contribution is -2.11. The molecule has 37 heavy (non-hydrogen) atoms. The van der Waals surface area contributed by atoms with Gasteiger partial charge in [-0.25, -0.2) is 0 Å². The SMILES string of the molecule is CCOC(=O)CC(=O)c1ccccc1.Cc1coc2c(C)c3[nH]c(=O)c(Br)c(-c4ccccc4)c3cc12. The fraction of sp³-hybridized carbons (Fsp3) is 0.167. The van der Waals surface area contributed by atoms with E-state index in [0.717, 1.165) is 44.1 Å². The summed E-state index contributed by atoms with van der Waals surface area (Å²) < 4.78 is 10.9. The smallest absolute Gasteiger partial charge is 0.313 e. The van der Waals surface area contributed by atoms with Crippen LogP contribution in [0.25, 0.3) is 33.0 Å². The molecule has 2 heterocycles. The number of ketones is 1. The number of aromatic amines is 1. The van der Waals surface area contributed by atoms with E-state index in [1.165, 1.54) is 0 Å². The molecule has 2 aromatic heterocycles. The summed E-state index contributed by atoms with van der Waals surface area (Å²) in [5.41, 5.74) is 6.01. The van der Waals surface area contributed by atoms with E-state index < -0.39 is 5.97 Å². The van der Waals surface area contributed by atoms with Crippen molar-refractivity contribution in [3.8, 4) is 11.1 Å². The molecular formula is C30H26BrNO5. The highest BCUT2D eigenvalue weighted by Crippen LogP contribution is 2.37. The highest BCUT2D eigenvalue weighted by molar-refractivity contribution is 9.10. The van der Waals surface area contributed by atoms with Crippen molar-refractivity contribution >= 4 is 49.6 Å². The number of fused-ring (bicyclic) bond motifs is 2. The van der Waals surface area contributed by atoms with E-state index in [9.17, 15) is 14.4 Å². The van der Waals surface area contributed by atoms with E-state index in [0.29, 0.717) is 16.6 Å². The number of hydrogen-bond acceptors (Lipinski definition) is 5. The zero-order valence-corrected chi connectivity index (χ0v) is 22.3. The molecule has 0 bridgehead atoms. The first kappa shape index (κ1) is 26.1. The van der Waals surface area contributed by atoms with Gasteiger partial charge in [-0.2, -0.15) is 0 Å². The molecule has 7 heteroatoms. The average molecular weight is 560 g/mol. The fourth-order valence-electron chi connectivity index (χ4n) is 4.17. The number of carbonyl (C=O) groups excluding carboxylic acids is 2. The number of nitrogens with one attached hydrogen (secondary N) is 1. The number of rotatable bonds is 5. The molecule has 0 aliphatic heterocycles. The number of carbonyl (C=O) groups is 2. The number of hydrogen-bond donors (Lipinski definition) is 1. The van der Waals surface area contributed by atoms with Gasteiger partial charge in [0, 0.05) is 27.5 Å². The van der Waals surface area contributed by atoms with Gasteiger partial charge in [-0.15, -0.1) is 0 Å². The number of aryl methyl sites for hydroxylation is 2. The minimum absolute atomic E-state index is 0.137. The van der Waals surface area contributed by atoms with Gasteiger partial charge in [-0.1, -0.05) is 60.7 Å². The van der Waals surface area contributed by atoms with Crippen LogP contribution in [0.15, 0.2) is 86.7 Å². The van der Waals surface area contributed by atoms with E-state index in [-0.39, 0.29) is 17.8 Å². The predicted octanol–water partition coefficient (Wildman–Crippen LogP) is 7.14. The zero-order chi connectivity index (χ0) is 26.5. The maximum atomic E-state index is 12.4. The summed E-state index contributed by atoms with van der Waals surface area (Å²) in [5.74, 6) is -0.676. The van der Waals surface area contributed by atoms with E-state index in [2.05, 4.69) is 31.7 Å². The highest BCUT2D eigenvalue weighted by Gasteiger charge is 2.17. The molecule has 0 saturated heterocycles. The molecule has 0 atom stereocenters. The number of esters is 1. The largest absolute Gasteiger partial charge is 0.466 e. The molecule has 0 aliphatic rings. The van der Waals surface area contributed by atoms with Gasteiger partial charge in [0.15, 0.2) is 5.78 Å². The number of Topliss-reactive ketones (excluding diaryl/α,β-unsaturated/α-hetero) is 1. The van der Waals surface area contributed by atoms with E-state index in [1.54, 1.807) is 37.5 Å². The van der Waals surface area contributed by atoms with Crippen LogP contribution in [0.1, 0.15) is 34.8 Å². The second-order valence-corrected chi connectivity index (χ2v) is 9.29. The van der Waals surface area contributed by atoms with Crippen molar-refractivity contribution in [1.29, 1.82) is 0 Å². The van der Waals surface area contributed by atoms with Crippen molar-refractivity contribution in [3.05, 3.63) is 105 Å². The van der Waals surface area contributed by atoms with Crippen LogP contribution in [-0.4, -0.2) is 23.3 Å². The topological polar surface area (TPSA) is 89.4 Å². The normalized spacial score (nSPS) is 10.7. The molecule has 0 spiro atoms. The van der Waals surface area contributed by atoms with Gasteiger partial charge in [-0.3, -0.25) is 14.4 Å². The average Bonchev–Trinajstić information content (AvgIpc) is 3.28. The van der Waals surface area contributed by atoms with Crippen LogP contribution in [0.3, 0.4) is 0 Å². The van der Waals surface area contributed by atoms with Crippen LogP contribution in [0.4, 0.5) is 0 Å². The Morgan fingerprint density at radius 1 is 0.973 bits per heavy atom. The number of aromatic nitrogens is 1. The van der Waals surface area contributed by atoms with E-state index in [4.69, 9.17) is 4.42 Å². The monoisotopic (exact) mass is 559 g/mol. The summed E-state index contributed by atoms with van der Waals surface area (Å²) in [5, 5.41) is 2.09. The number of H-pyrrole nitrogens is 1. The second kappa shape index (κ2) is 11.4. The number of furan rings is 1. The summed E-state index contributed by atoms with van der Waals surface area (Å²) in [6.07, 6.45) is 1.57. The molecule has 0 aliphatic carbocycles. The number of pyridine rings is 1. The molecule has 3 aromatic carbocycles. The summed E-state index contributed by atoms with van der Waals surface area (Å²) >= 11 is 3.47. The van der Waals surface area contributed by atoms with Gasteiger partial charge in [0.1, 0.15) is 12.0 Å². The Balaban J connectivity index is 0.000000197. The minimum Gasteiger partial charge on any atom is -0.466 e. The Hall–Kier alpha value is -3.97. The lowest BCUT2D eigenvalue weighted by molar-refractivity contribution is -0.141. The third-order valence-corrected chi connectivity index (χ3v) is 6.75.